The number of rotatable bonds is 6. The standard InChI is InChI=1S/C17H24N4O/c1-15(14-21-8-4-7-19-21)18-13-16-5-2-3-6-17(16)20-9-11-22-12-10-20/h2-8,15,18H,9-14H2,1H3/t15-/m1/s1. The van der Waals surface area contributed by atoms with E-state index < -0.39 is 0 Å². The van der Waals surface area contributed by atoms with Gasteiger partial charge >= 0.3 is 0 Å². The van der Waals surface area contributed by atoms with Gasteiger partial charge in [0.1, 0.15) is 0 Å². The van der Waals surface area contributed by atoms with Gasteiger partial charge < -0.3 is 15.0 Å². The van der Waals surface area contributed by atoms with Gasteiger partial charge in [-0.25, -0.2) is 0 Å². The molecule has 0 aliphatic carbocycles. The van der Waals surface area contributed by atoms with Crippen molar-refractivity contribution >= 4 is 5.69 Å². The van der Waals surface area contributed by atoms with Gasteiger partial charge in [0.2, 0.25) is 0 Å². The number of nitrogens with one attached hydrogen (secondary N) is 1. The third-order valence-electron chi connectivity index (χ3n) is 4.00. The van der Waals surface area contributed by atoms with Crippen molar-refractivity contribution in [3.63, 3.8) is 0 Å². The molecule has 0 amide bonds. The molecule has 1 saturated heterocycles. The van der Waals surface area contributed by atoms with Crippen molar-refractivity contribution in [1.29, 1.82) is 0 Å². The first-order valence-corrected chi connectivity index (χ1v) is 7.94. The lowest BCUT2D eigenvalue weighted by Gasteiger charge is -2.31. The Morgan fingerprint density at radius 2 is 2.05 bits per heavy atom. The fraction of sp³-hybridized carbons (Fsp3) is 0.471. The highest BCUT2D eigenvalue weighted by atomic mass is 16.5. The largest absolute Gasteiger partial charge is 0.378 e. The maximum atomic E-state index is 5.45. The van der Waals surface area contributed by atoms with Gasteiger partial charge in [-0.2, -0.15) is 5.10 Å². The average molecular weight is 300 g/mol. The number of hydrogen-bond acceptors (Lipinski definition) is 4. The van der Waals surface area contributed by atoms with Gasteiger partial charge in [-0.05, 0) is 24.6 Å². The molecule has 1 N–H and O–H groups in total. The minimum atomic E-state index is 0.373. The summed E-state index contributed by atoms with van der Waals surface area (Å²) in [6, 6.07) is 11.0. The maximum Gasteiger partial charge on any atom is 0.0642 e. The molecule has 2 heterocycles. The van der Waals surface area contributed by atoms with Crippen LogP contribution in [0, 0.1) is 0 Å². The second kappa shape index (κ2) is 7.42. The predicted molar refractivity (Wildman–Crippen MR) is 88.0 cm³/mol. The van der Waals surface area contributed by atoms with Crippen molar-refractivity contribution in [3.8, 4) is 0 Å². The average Bonchev–Trinajstić information content (AvgIpc) is 3.07. The van der Waals surface area contributed by atoms with Crippen molar-refractivity contribution in [2.45, 2.75) is 26.1 Å². The molecular weight excluding hydrogens is 276 g/mol. The zero-order valence-electron chi connectivity index (χ0n) is 13.1. The smallest absolute Gasteiger partial charge is 0.0642 e. The van der Waals surface area contributed by atoms with Crippen molar-refractivity contribution in [2.75, 3.05) is 31.2 Å². The number of para-hydroxylation sites is 1. The van der Waals surface area contributed by atoms with Gasteiger partial charge in [-0.1, -0.05) is 18.2 Å². The SMILES string of the molecule is C[C@H](Cn1cccn1)NCc1ccccc1N1CCOCC1. The Balaban J connectivity index is 1.59. The van der Waals surface area contributed by atoms with Gasteiger partial charge in [0.25, 0.3) is 0 Å². The highest BCUT2D eigenvalue weighted by Crippen LogP contribution is 2.21. The summed E-state index contributed by atoms with van der Waals surface area (Å²) in [5, 5.41) is 7.85. The van der Waals surface area contributed by atoms with E-state index >= 15 is 0 Å². The first-order valence-electron chi connectivity index (χ1n) is 7.94. The Labute approximate surface area is 131 Å². The topological polar surface area (TPSA) is 42.3 Å². The van der Waals surface area contributed by atoms with Crippen LogP contribution in [0.15, 0.2) is 42.7 Å². The fourth-order valence-electron chi connectivity index (χ4n) is 2.81. The second-order valence-electron chi connectivity index (χ2n) is 5.74. The van der Waals surface area contributed by atoms with E-state index in [0.29, 0.717) is 6.04 Å². The normalized spacial score (nSPS) is 16.7. The van der Waals surface area contributed by atoms with Crippen LogP contribution in [0.4, 0.5) is 5.69 Å². The van der Waals surface area contributed by atoms with Gasteiger partial charge in [-0.15, -0.1) is 0 Å². The quantitative estimate of drug-likeness (QED) is 0.885. The van der Waals surface area contributed by atoms with Crippen LogP contribution >= 0.6 is 0 Å². The Hall–Kier alpha value is -1.85. The lowest BCUT2D eigenvalue weighted by Crippen LogP contribution is -2.37. The molecule has 0 spiro atoms. The molecular formula is C17H24N4O. The van der Waals surface area contributed by atoms with E-state index in [1.807, 2.05) is 23.1 Å². The molecule has 22 heavy (non-hydrogen) atoms. The van der Waals surface area contributed by atoms with Crippen LogP contribution in [0.2, 0.25) is 0 Å². The van der Waals surface area contributed by atoms with E-state index in [-0.39, 0.29) is 0 Å². The predicted octanol–water partition coefficient (Wildman–Crippen LogP) is 1.90. The summed E-state index contributed by atoms with van der Waals surface area (Å²) < 4.78 is 7.41. The lowest BCUT2D eigenvalue weighted by molar-refractivity contribution is 0.122. The Bertz CT molecular complexity index is 564. The summed E-state index contributed by atoms with van der Waals surface area (Å²) >= 11 is 0. The molecule has 1 aromatic carbocycles. The molecule has 1 fully saturated rings. The summed E-state index contributed by atoms with van der Waals surface area (Å²) in [5.74, 6) is 0. The van der Waals surface area contributed by atoms with Crippen molar-refractivity contribution < 1.29 is 4.74 Å². The molecule has 5 heteroatoms. The summed E-state index contributed by atoms with van der Waals surface area (Å²) in [5.41, 5.74) is 2.67. The zero-order chi connectivity index (χ0) is 15.2. The summed E-state index contributed by atoms with van der Waals surface area (Å²) in [6.45, 7) is 7.52. The van der Waals surface area contributed by atoms with Gasteiger partial charge in [0, 0.05) is 43.8 Å². The lowest BCUT2D eigenvalue weighted by atomic mass is 10.1. The Morgan fingerprint density at radius 1 is 1.23 bits per heavy atom. The number of morpholine rings is 1. The van der Waals surface area contributed by atoms with Crippen LogP contribution in [0.3, 0.4) is 0 Å². The van der Waals surface area contributed by atoms with Crippen molar-refractivity contribution in [3.05, 3.63) is 48.3 Å². The number of ether oxygens (including phenoxy) is 1. The Kier molecular flexibility index (Phi) is 5.08. The molecule has 0 unspecified atom stereocenters. The van der Waals surface area contributed by atoms with Crippen molar-refractivity contribution in [2.24, 2.45) is 0 Å². The molecule has 1 aliphatic rings. The van der Waals surface area contributed by atoms with Crippen LogP contribution in [0.25, 0.3) is 0 Å². The van der Waals surface area contributed by atoms with Crippen LogP contribution < -0.4 is 10.2 Å². The Morgan fingerprint density at radius 3 is 2.82 bits per heavy atom. The minimum Gasteiger partial charge on any atom is -0.378 e. The monoisotopic (exact) mass is 300 g/mol. The maximum absolute atomic E-state index is 5.45. The van der Waals surface area contributed by atoms with Gasteiger partial charge in [-0.3, -0.25) is 4.68 Å². The molecule has 0 bridgehead atoms. The van der Waals surface area contributed by atoms with Crippen molar-refractivity contribution in [1.82, 2.24) is 15.1 Å². The highest BCUT2D eigenvalue weighted by molar-refractivity contribution is 5.53. The second-order valence-corrected chi connectivity index (χ2v) is 5.74. The fourth-order valence-corrected chi connectivity index (χ4v) is 2.81. The van der Waals surface area contributed by atoms with E-state index in [4.69, 9.17) is 4.74 Å². The first-order chi connectivity index (χ1) is 10.8. The molecule has 2 aromatic rings. The molecule has 1 atom stereocenters. The van der Waals surface area contributed by atoms with Crippen LogP contribution in [-0.2, 0) is 17.8 Å². The van der Waals surface area contributed by atoms with E-state index in [9.17, 15) is 0 Å². The molecule has 0 saturated carbocycles. The molecule has 5 nitrogen and oxygen atoms in total. The molecule has 1 aromatic heterocycles. The van der Waals surface area contributed by atoms with E-state index in [2.05, 4.69) is 46.5 Å². The zero-order valence-corrected chi connectivity index (χ0v) is 13.1. The summed E-state index contributed by atoms with van der Waals surface area (Å²) in [6.07, 6.45) is 3.82. The van der Waals surface area contributed by atoms with Gasteiger partial charge in [0.15, 0.2) is 0 Å². The summed E-state index contributed by atoms with van der Waals surface area (Å²) in [4.78, 5) is 2.42. The summed E-state index contributed by atoms with van der Waals surface area (Å²) in [7, 11) is 0. The number of anilines is 1. The van der Waals surface area contributed by atoms with Crippen LogP contribution in [-0.4, -0.2) is 42.1 Å². The highest BCUT2D eigenvalue weighted by Gasteiger charge is 2.14. The molecule has 118 valence electrons. The minimum absolute atomic E-state index is 0.373. The van der Waals surface area contributed by atoms with E-state index in [1.54, 1.807) is 0 Å². The third kappa shape index (κ3) is 3.87. The first kappa shape index (κ1) is 15.1. The number of hydrogen-bond donors (Lipinski definition) is 1. The molecule has 0 radical (unpaired) electrons. The molecule has 3 rings (SSSR count). The number of benzene rings is 1. The van der Waals surface area contributed by atoms with E-state index in [1.165, 1.54) is 11.3 Å². The van der Waals surface area contributed by atoms with Crippen LogP contribution in [0.1, 0.15) is 12.5 Å². The molecule has 1 aliphatic heterocycles. The van der Waals surface area contributed by atoms with E-state index in [0.717, 1.165) is 39.4 Å². The third-order valence-corrected chi connectivity index (χ3v) is 4.00. The van der Waals surface area contributed by atoms with Crippen LogP contribution in [0.5, 0.6) is 0 Å². The number of aromatic nitrogens is 2. The van der Waals surface area contributed by atoms with Gasteiger partial charge in [0.05, 0.1) is 19.8 Å². The number of nitrogens with zero attached hydrogens (tertiary/aromatic N) is 3.